The number of hydrogen-bond acceptors (Lipinski definition) is 6. The molecule has 2 atom stereocenters. The van der Waals surface area contributed by atoms with Crippen molar-refractivity contribution in [1.29, 1.82) is 0 Å². The molecule has 0 spiro atoms. The number of carboxylic acid groups (broad SMARTS) is 1. The summed E-state index contributed by atoms with van der Waals surface area (Å²) in [6, 6.07) is 26.1. The Bertz CT molecular complexity index is 1470. The molecular formula is C34H37NO6S. The number of hydrogen-bond donors (Lipinski definition) is 2. The number of aryl methyl sites for hydroxylation is 1. The Kier molecular flexibility index (Phi) is 11.4. The second-order valence-electron chi connectivity index (χ2n) is 9.87. The number of benzene rings is 3. The molecule has 42 heavy (non-hydrogen) atoms. The number of thioether (sulfide) groups is 1. The largest absolute Gasteiger partial charge is 0.480 e. The third-order valence-corrected chi connectivity index (χ3v) is 7.55. The van der Waals surface area contributed by atoms with Crippen LogP contribution in [0, 0.1) is 6.92 Å². The summed E-state index contributed by atoms with van der Waals surface area (Å²) < 4.78 is 18.2. The summed E-state index contributed by atoms with van der Waals surface area (Å²) in [4.78, 5) is 25.2. The number of ether oxygens (including phenoxy) is 2. The number of carbonyl (C=O) groups excluding carboxylic acids is 1. The average molecular weight is 588 g/mol. The van der Waals surface area contributed by atoms with Crippen LogP contribution < -0.4 is 5.32 Å². The summed E-state index contributed by atoms with van der Waals surface area (Å²) in [7, 11) is 0. The lowest BCUT2D eigenvalue weighted by atomic mass is 9.93. The van der Waals surface area contributed by atoms with Gasteiger partial charge in [-0.2, -0.15) is 11.8 Å². The van der Waals surface area contributed by atoms with Gasteiger partial charge in [0.15, 0.2) is 0 Å². The molecule has 3 aromatic carbocycles. The third-order valence-electron chi connectivity index (χ3n) is 6.90. The summed E-state index contributed by atoms with van der Waals surface area (Å²) in [5, 5.41) is 12.4. The summed E-state index contributed by atoms with van der Waals surface area (Å²) in [5.41, 5.74) is 4.86. The molecule has 0 aliphatic heterocycles. The topological polar surface area (TPSA) is 98.0 Å². The first-order valence-corrected chi connectivity index (χ1v) is 15.4. The Hall–Kier alpha value is -3.85. The first-order valence-electron chi connectivity index (χ1n) is 14.0. The van der Waals surface area contributed by atoms with E-state index in [1.54, 1.807) is 17.8 Å². The van der Waals surface area contributed by atoms with Gasteiger partial charge < -0.3 is 24.3 Å². The Balaban J connectivity index is 1.59. The molecule has 0 radical (unpaired) electrons. The van der Waals surface area contributed by atoms with E-state index in [2.05, 4.69) is 5.32 Å². The zero-order valence-electron chi connectivity index (χ0n) is 24.2. The molecule has 8 heteroatoms. The van der Waals surface area contributed by atoms with Crippen LogP contribution in [0.5, 0.6) is 0 Å². The lowest BCUT2D eigenvalue weighted by molar-refractivity contribution is -0.139. The van der Waals surface area contributed by atoms with Crippen molar-refractivity contribution in [3.05, 3.63) is 107 Å². The van der Waals surface area contributed by atoms with Crippen molar-refractivity contribution >= 4 is 23.6 Å². The smallest absolute Gasteiger partial charge is 0.326 e. The summed E-state index contributed by atoms with van der Waals surface area (Å²) in [5.74, 6) is 0.581. The zero-order valence-corrected chi connectivity index (χ0v) is 25.0. The van der Waals surface area contributed by atoms with E-state index >= 15 is 0 Å². The van der Waals surface area contributed by atoms with Gasteiger partial charge in [0.25, 0.3) is 5.91 Å². The minimum Gasteiger partial charge on any atom is -0.480 e. The van der Waals surface area contributed by atoms with Gasteiger partial charge in [-0.05, 0) is 78.8 Å². The maximum Gasteiger partial charge on any atom is 0.326 e. The average Bonchev–Trinajstić information content (AvgIpc) is 3.50. The van der Waals surface area contributed by atoms with Crippen LogP contribution in [0.1, 0.15) is 46.7 Å². The van der Waals surface area contributed by atoms with Crippen LogP contribution >= 0.6 is 11.8 Å². The number of carboxylic acids is 1. The predicted molar refractivity (Wildman–Crippen MR) is 167 cm³/mol. The van der Waals surface area contributed by atoms with Gasteiger partial charge in [-0.15, -0.1) is 0 Å². The monoisotopic (exact) mass is 587 g/mol. The third kappa shape index (κ3) is 8.12. The van der Waals surface area contributed by atoms with Crippen molar-refractivity contribution in [2.45, 2.75) is 39.0 Å². The quantitative estimate of drug-likeness (QED) is 0.152. The summed E-state index contributed by atoms with van der Waals surface area (Å²) >= 11 is 1.54. The van der Waals surface area contributed by atoms with E-state index in [9.17, 15) is 14.7 Å². The molecule has 1 heterocycles. The highest BCUT2D eigenvalue weighted by atomic mass is 32.2. The fourth-order valence-corrected chi connectivity index (χ4v) is 5.10. The minimum atomic E-state index is -1.05. The number of furan rings is 1. The van der Waals surface area contributed by atoms with Crippen LogP contribution in [0.15, 0.2) is 89.3 Å². The van der Waals surface area contributed by atoms with E-state index < -0.39 is 24.0 Å². The molecule has 0 aliphatic carbocycles. The van der Waals surface area contributed by atoms with Gasteiger partial charge in [0.2, 0.25) is 0 Å². The molecule has 0 fully saturated rings. The Morgan fingerprint density at radius 1 is 0.976 bits per heavy atom. The zero-order chi connectivity index (χ0) is 29.9. The Morgan fingerprint density at radius 3 is 2.45 bits per heavy atom. The first kappa shape index (κ1) is 31.1. The molecule has 1 aromatic heterocycles. The van der Waals surface area contributed by atoms with E-state index in [4.69, 9.17) is 13.9 Å². The van der Waals surface area contributed by atoms with Crippen LogP contribution in [-0.4, -0.2) is 48.2 Å². The second-order valence-corrected chi connectivity index (χ2v) is 10.9. The number of rotatable bonds is 15. The van der Waals surface area contributed by atoms with E-state index in [1.807, 2.05) is 99.0 Å². The highest BCUT2D eigenvalue weighted by Gasteiger charge is 2.23. The van der Waals surface area contributed by atoms with Crippen molar-refractivity contribution in [1.82, 2.24) is 5.32 Å². The van der Waals surface area contributed by atoms with Crippen molar-refractivity contribution < 1.29 is 28.6 Å². The number of amides is 1. The van der Waals surface area contributed by atoms with Gasteiger partial charge in [0, 0.05) is 17.7 Å². The van der Waals surface area contributed by atoms with E-state index in [-0.39, 0.29) is 6.61 Å². The van der Waals surface area contributed by atoms with Crippen LogP contribution in [-0.2, 0) is 20.9 Å². The van der Waals surface area contributed by atoms with Gasteiger partial charge in [-0.1, -0.05) is 60.7 Å². The summed E-state index contributed by atoms with van der Waals surface area (Å²) in [6.07, 6.45) is 1.82. The molecule has 220 valence electrons. The first-order chi connectivity index (χ1) is 20.4. The minimum absolute atomic E-state index is 0.255. The number of nitrogens with one attached hydrogen (secondary N) is 1. The molecule has 4 rings (SSSR count). The van der Waals surface area contributed by atoms with Gasteiger partial charge in [0.05, 0.1) is 13.2 Å². The maximum atomic E-state index is 13.4. The lowest BCUT2D eigenvalue weighted by Gasteiger charge is -2.19. The fraction of sp³-hybridized carbons (Fsp3) is 0.294. The molecule has 7 nitrogen and oxygen atoms in total. The van der Waals surface area contributed by atoms with Gasteiger partial charge in [-0.25, -0.2) is 4.79 Å². The predicted octanol–water partition coefficient (Wildman–Crippen LogP) is 7.15. The molecule has 2 N–H and O–H groups in total. The normalized spacial score (nSPS) is 12.5. The molecule has 0 saturated heterocycles. The van der Waals surface area contributed by atoms with Gasteiger partial charge in [-0.3, -0.25) is 4.79 Å². The highest BCUT2D eigenvalue weighted by molar-refractivity contribution is 7.98. The van der Waals surface area contributed by atoms with Crippen LogP contribution in [0.2, 0.25) is 0 Å². The van der Waals surface area contributed by atoms with Crippen LogP contribution in [0.25, 0.3) is 22.5 Å². The van der Waals surface area contributed by atoms with E-state index in [0.29, 0.717) is 42.3 Å². The van der Waals surface area contributed by atoms with E-state index in [0.717, 1.165) is 28.0 Å². The lowest BCUT2D eigenvalue weighted by Crippen LogP contribution is -2.41. The van der Waals surface area contributed by atoms with Crippen LogP contribution in [0.4, 0.5) is 0 Å². The Labute approximate surface area is 251 Å². The molecule has 2 unspecified atom stereocenters. The molecule has 0 bridgehead atoms. The maximum absolute atomic E-state index is 13.4. The molecule has 1 amide bonds. The number of aliphatic carboxylic acids is 1. The van der Waals surface area contributed by atoms with Crippen molar-refractivity contribution in [2.75, 3.05) is 25.2 Å². The fourth-order valence-electron chi connectivity index (χ4n) is 4.62. The SMILES string of the molecule is CCOCC(OCc1ccc(C(=O)NC(CCSC)C(=O)O)c(-c2ccccc2C)c1)c1ccc(-c2ccccc2)o1. The second kappa shape index (κ2) is 15.4. The van der Waals surface area contributed by atoms with Crippen molar-refractivity contribution in [3.8, 4) is 22.5 Å². The Morgan fingerprint density at radius 2 is 1.74 bits per heavy atom. The molecule has 0 saturated carbocycles. The van der Waals surface area contributed by atoms with Crippen LogP contribution in [0.3, 0.4) is 0 Å². The van der Waals surface area contributed by atoms with Crippen molar-refractivity contribution in [3.63, 3.8) is 0 Å². The molecule has 4 aromatic rings. The number of carbonyl (C=O) groups is 2. The van der Waals surface area contributed by atoms with Gasteiger partial charge in [0.1, 0.15) is 23.7 Å². The summed E-state index contributed by atoms with van der Waals surface area (Å²) in [6.45, 7) is 5.05. The van der Waals surface area contributed by atoms with Gasteiger partial charge >= 0.3 is 5.97 Å². The molecule has 0 aliphatic rings. The highest BCUT2D eigenvalue weighted by Crippen LogP contribution is 2.31. The molecular weight excluding hydrogens is 550 g/mol. The van der Waals surface area contributed by atoms with Crippen molar-refractivity contribution in [2.24, 2.45) is 0 Å². The van der Waals surface area contributed by atoms with E-state index in [1.165, 1.54) is 0 Å². The standard InChI is InChI=1S/C34H37NO6S/c1-4-39-22-32(31-17-16-30(41-31)25-11-6-5-7-12-25)40-21-24-14-15-27(28(20-24)26-13-9-8-10-23(26)2)33(36)35-29(34(37)38)18-19-42-3/h5-17,20,29,32H,4,18-19,21-22H2,1-3H3,(H,35,36)(H,37,38).